The number of carbonyl (C=O) groups excluding carboxylic acids is 2. The zero-order chi connectivity index (χ0) is 16.9. The lowest BCUT2D eigenvalue weighted by Crippen LogP contribution is -2.52. The summed E-state index contributed by atoms with van der Waals surface area (Å²) in [5, 5.41) is 0. The zero-order valence-electron chi connectivity index (χ0n) is 11.7. The van der Waals surface area contributed by atoms with Crippen molar-refractivity contribution in [2.24, 2.45) is 0 Å². The molecule has 8 heteroatoms. The largest absolute Gasteiger partial charge is 0.416 e. The Morgan fingerprint density at radius 3 is 2.32 bits per heavy atom. The number of benzene rings is 1. The molecule has 1 aromatic rings. The Labute approximate surface area is 122 Å². The van der Waals surface area contributed by atoms with E-state index in [-0.39, 0.29) is 11.1 Å². The Bertz CT molecular complexity index is 641. The third-order valence-electron chi connectivity index (χ3n) is 3.82. The second-order valence-corrected chi connectivity index (χ2v) is 5.35. The van der Waals surface area contributed by atoms with Crippen LogP contribution in [0.1, 0.15) is 34.8 Å². The number of imide groups is 1. The lowest BCUT2D eigenvalue weighted by Gasteiger charge is -2.38. The predicted molar refractivity (Wildman–Crippen MR) is 66.5 cm³/mol. The van der Waals surface area contributed by atoms with E-state index in [4.69, 9.17) is 0 Å². The summed E-state index contributed by atoms with van der Waals surface area (Å²) in [5.74, 6) is -1.75. The molecule has 1 aromatic carbocycles. The van der Waals surface area contributed by atoms with Gasteiger partial charge in [0.05, 0.1) is 11.0 Å². The first-order valence-electron chi connectivity index (χ1n) is 6.31. The van der Waals surface area contributed by atoms with Crippen molar-refractivity contribution in [2.45, 2.75) is 31.4 Å². The molecule has 0 radical (unpaired) electrons. The van der Waals surface area contributed by atoms with Gasteiger partial charge in [-0.15, -0.1) is 0 Å². The monoisotopic (exact) mass is 321 g/mol. The topological polar surface area (TPSA) is 37.4 Å². The van der Waals surface area contributed by atoms with Gasteiger partial charge in [0, 0.05) is 19.0 Å². The lowest BCUT2D eigenvalue weighted by atomic mass is 9.73. The molecule has 1 aliphatic heterocycles. The van der Waals surface area contributed by atoms with Gasteiger partial charge >= 0.3 is 6.18 Å². The zero-order valence-corrected chi connectivity index (χ0v) is 11.7. The fraction of sp³-hybridized carbons (Fsp3) is 0.429. The summed E-state index contributed by atoms with van der Waals surface area (Å²) in [6.07, 6.45) is -8.56. The molecule has 120 valence electrons. The van der Waals surface area contributed by atoms with Crippen LogP contribution in [0.15, 0.2) is 18.2 Å². The number of carbonyl (C=O) groups is 2. The van der Waals surface area contributed by atoms with Crippen LogP contribution in [0.25, 0.3) is 0 Å². The first-order valence-corrected chi connectivity index (χ1v) is 6.31. The average Bonchev–Trinajstić information content (AvgIpc) is 2.41. The molecule has 0 saturated heterocycles. The van der Waals surface area contributed by atoms with Gasteiger partial charge in [-0.3, -0.25) is 14.5 Å². The van der Waals surface area contributed by atoms with Crippen LogP contribution in [0.3, 0.4) is 0 Å². The maximum absolute atomic E-state index is 12.8. The number of hydrogen-bond acceptors (Lipinski definition) is 2. The van der Waals surface area contributed by atoms with Crippen LogP contribution in [0.2, 0.25) is 0 Å². The van der Waals surface area contributed by atoms with E-state index in [1.165, 1.54) is 0 Å². The van der Waals surface area contributed by atoms with Crippen molar-refractivity contribution in [1.82, 2.24) is 4.90 Å². The lowest BCUT2D eigenvalue weighted by molar-refractivity contribution is -0.139. The summed E-state index contributed by atoms with van der Waals surface area (Å²) in [5.41, 5.74) is -3.45. The summed E-state index contributed by atoms with van der Waals surface area (Å²) < 4.78 is 64.1. The molecule has 2 amide bonds. The van der Waals surface area contributed by atoms with Crippen molar-refractivity contribution in [2.75, 3.05) is 7.05 Å². The Balaban J connectivity index is 2.71. The van der Waals surface area contributed by atoms with Crippen molar-refractivity contribution < 1.29 is 31.5 Å². The van der Waals surface area contributed by atoms with Gasteiger partial charge in [-0.05, 0) is 30.7 Å². The van der Waals surface area contributed by atoms with Gasteiger partial charge in [0.1, 0.15) is 0 Å². The standard InChI is InChI=1S/C14H12F5NO2/c1-13(6-10(15)16)9-5-7(14(17,18)19)3-4-8(9)11(21)20(2)12(13)22/h3-5,10H,6H2,1-2H3. The minimum absolute atomic E-state index is 0.168. The molecule has 1 heterocycles. The third kappa shape index (κ3) is 2.46. The van der Waals surface area contributed by atoms with Gasteiger partial charge in [-0.2, -0.15) is 13.2 Å². The van der Waals surface area contributed by atoms with Crippen molar-refractivity contribution in [3.63, 3.8) is 0 Å². The predicted octanol–water partition coefficient (Wildman–Crippen LogP) is 3.23. The number of fused-ring (bicyclic) bond motifs is 1. The Kier molecular flexibility index (Phi) is 3.75. The molecule has 0 N–H and O–H groups in total. The van der Waals surface area contributed by atoms with Gasteiger partial charge in [-0.25, -0.2) is 8.78 Å². The molecular formula is C14H12F5NO2. The number of alkyl halides is 5. The molecule has 3 nitrogen and oxygen atoms in total. The van der Waals surface area contributed by atoms with Crippen molar-refractivity contribution in [1.29, 1.82) is 0 Å². The summed E-state index contributed by atoms with van der Waals surface area (Å²) in [6.45, 7) is 1.13. The van der Waals surface area contributed by atoms with Gasteiger partial charge in [0.25, 0.3) is 5.91 Å². The van der Waals surface area contributed by atoms with Crippen LogP contribution in [0, 0.1) is 0 Å². The number of halogens is 5. The Morgan fingerprint density at radius 2 is 1.82 bits per heavy atom. The highest BCUT2D eigenvalue weighted by atomic mass is 19.4. The van der Waals surface area contributed by atoms with E-state index < -0.39 is 41.8 Å². The van der Waals surface area contributed by atoms with E-state index in [2.05, 4.69) is 0 Å². The number of nitrogens with zero attached hydrogens (tertiary/aromatic N) is 1. The molecule has 0 aromatic heterocycles. The molecule has 2 rings (SSSR count). The molecule has 0 aliphatic carbocycles. The maximum atomic E-state index is 12.8. The highest BCUT2D eigenvalue weighted by Gasteiger charge is 2.48. The molecule has 1 aliphatic rings. The van der Waals surface area contributed by atoms with Crippen LogP contribution >= 0.6 is 0 Å². The summed E-state index contributed by atoms with van der Waals surface area (Å²) in [4.78, 5) is 24.9. The van der Waals surface area contributed by atoms with Gasteiger partial charge in [0.15, 0.2) is 0 Å². The van der Waals surface area contributed by atoms with Crippen LogP contribution in [-0.4, -0.2) is 30.2 Å². The van der Waals surface area contributed by atoms with Crippen LogP contribution < -0.4 is 0 Å². The minimum atomic E-state index is -4.70. The average molecular weight is 321 g/mol. The summed E-state index contributed by atoms with van der Waals surface area (Å²) in [7, 11) is 1.12. The smallest absolute Gasteiger partial charge is 0.281 e. The van der Waals surface area contributed by atoms with Crippen LogP contribution in [0.5, 0.6) is 0 Å². The van der Waals surface area contributed by atoms with Crippen molar-refractivity contribution in [3.05, 3.63) is 34.9 Å². The van der Waals surface area contributed by atoms with E-state index in [1.807, 2.05) is 0 Å². The quantitative estimate of drug-likeness (QED) is 0.619. The Hall–Kier alpha value is -1.99. The molecule has 1 atom stereocenters. The van der Waals surface area contributed by atoms with E-state index in [9.17, 15) is 31.5 Å². The number of likely N-dealkylation sites (N-methyl/N-ethyl adjacent to an activating group) is 1. The van der Waals surface area contributed by atoms with Crippen LogP contribution in [0.4, 0.5) is 22.0 Å². The highest BCUT2D eigenvalue weighted by Crippen LogP contribution is 2.41. The SMILES string of the molecule is CN1C(=O)c2ccc(C(F)(F)F)cc2C(C)(CC(F)F)C1=O. The summed E-state index contributed by atoms with van der Waals surface area (Å²) in [6, 6.07) is 2.23. The normalized spacial score (nSPS) is 22.3. The van der Waals surface area contributed by atoms with Crippen molar-refractivity contribution in [3.8, 4) is 0 Å². The van der Waals surface area contributed by atoms with E-state index >= 15 is 0 Å². The van der Waals surface area contributed by atoms with Gasteiger partial charge < -0.3 is 0 Å². The maximum Gasteiger partial charge on any atom is 0.416 e. The molecule has 0 bridgehead atoms. The second-order valence-electron chi connectivity index (χ2n) is 5.35. The van der Waals surface area contributed by atoms with Crippen molar-refractivity contribution >= 4 is 11.8 Å². The number of hydrogen-bond donors (Lipinski definition) is 0. The van der Waals surface area contributed by atoms with E-state index in [0.29, 0.717) is 17.0 Å². The number of amides is 2. The fourth-order valence-corrected chi connectivity index (χ4v) is 2.63. The molecule has 0 saturated carbocycles. The molecule has 22 heavy (non-hydrogen) atoms. The van der Waals surface area contributed by atoms with Gasteiger partial charge in [0.2, 0.25) is 12.3 Å². The first-order chi connectivity index (χ1) is 9.98. The number of rotatable bonds is 2. The van der Waals surface area contributed by atoms with Gasteiger partial charge in [-0.1, -0.05) is 0 Å². The highest BCUT2D eigenvalue weighted by molar-refractivity contribution is 6.12. The fourth-order valence-electron chi connectivity index (χ4n) is 2.63. The molecule has 0 fully saturated rings. The minimum Gasteiger partial charge on any atom is -0.281 e. The molecular weight excluding hydrogens is 309 g/mol. The van der Waals surface area contributed by atoms with E-state index in [1.54, 1.807) is 0 Å². The van der Waals surface area contributed by atoms with E-state index in [0.717, 1.165) is 20.0 Å². The Morgan fingerprint density at radius 1 is 1.23 bits per heavy atom. The summed E-state index contributed by atoms with van der Waals surface area (Å²) >= 11 is 0. The molecule has 1 unspecified atom stereocenters. The molecule has 0 spiro atoms. The third-order valence-corrected chi connectivity index (χ3v) is 3.82. The van der Waals surface area contributed by atoms with Crippen LogP contribution in [-0.2, 0) is 16.4 Å². The second kappa shape index (κ2) is 5.03. The first kappa shape index (κ1) is 16.4.